The highest BCUT2D eigenvalue weighted by Crippen LogP contribution is 2.20. The summed E-state index contributed by atoms with van der Waals surface area (Å²) in [4.78, 5) is 16.4. The Kier molecular flexibility index (Phi) is 5.61. The zero-order valence-corrected chi connectivity index (χ0v) is 15.6. The summed E-state index contributed by atoms with van der Waals surface area (Å²) in [5.74, 6) is -0.144. The third-order valence-electron chi connectivity index (χ3n) is 4.89. The minimum Gasteiger partial charge on any atom is -0.360 e. The average Bonchev–Trinajstić information content (AvgIpc) is 2.64. The lowest BCUT2D eigenvalue weighted by Gasteiger charge is -2.33. The lowest BCUT2D eigenvalue weighted by Crippen LogP contribution is -3.14. The number of quaternary nitrogens is 1. The topological polar surface area (TPSA) is 36.8 Å². The number of benzene rings is 2. The Morgan fingerprint density at radius 3 is 2.44 bits per heavy atom. The van der Waals surface area contributed by atoms with Gasteiger partial charge in [-0.3, -0.25) is 4.79 Å². The summed E-state index contributed by atoms with van der Waals surface area (Å²) in [7, 11) is 0. The highest BCUT2D eigenvalue weighted by atomic mass is 35.5. The van der Waals surface area contributed by atoms with E-state index in [9.17, 15) is 4.79 Å². The fourth-order valence-electron chi connectivity index (χ4n) is 3.13. The molecule has 0 aromatic heterocycles. The van der Waals surface area contributed by atoms with Gasteiger partial charge in [0.05, 0.1) is 32.7 Å². The van der Waals surface area contributed by atoms with Gasteiger partial charge in [-0.2, -0.15) is 0 Å². The summed E-state index contributed by atoms with van der Waals surface area (Å²) >= 11 is 6.10. The first-order valence-electron chi connectivity index (χ1n) is 8.83. The summed E-state index contributed by atoms with van der Waals surface area (Å²) in [5.41, 5.74) is 3.54. The van der Waals surface area contributed by atoms with Crippen LogP contribution < -0.4 is 15.1 Å². The summed E-state index contributed by atoms with van der Waals surface area (Å²) < 4.78 is 0. The highest BCUT2D eigenvalue weighted by molar-refractivity contribution is 6.31. The molecule has 0 atom stereocenters. The van der Waals surface area contributed by atoms with E-state index in [0.717, 1.165) is 24.3 Å². The van der Waals surface area contributed by atoms with Crippen LogP contribution in [0.5, 0.6) is 0 Å². The first kappa shape index (κ1) is 17.8. The number of aryl methyl sites for hydroxylation is 1. The van der Waals surface area contributed by atoms with Crippen molar-refractivity contribution in [2.24, 2.45) is 0 Å². The molecule has 0 spiro atoms. The molecule has 3 rings (SSSR count). The number of likely N-dealkylation sites (N-methyl/N-ethyl adjacent to an activating group) is 1. The average molecular weight is 359 g/mol. The fourth-order valence-corrected chi connectivity index (χ4v) is 3.31. The van der Waals surface area contributed by atoms with E-state index in [1.165, 1.54) is 25.3 Å². The van der Waals surface area contributed by atoms with Gasteiger partial charge >= 0.3 is 0 Å². The number of nitrogens with one attached hydrogen (secondary N) is 2. The van der Waals surface area contributed by atoms with Crippen LogP contribution in [0.2, 0.25) is 5.02 Å². The number of carbonyl (C=O) groups is 1. The first-order chi connectivity index (χ1) is 12.1. The smallest absolute Gasteiger partial charge is 0.255 e. The third-order valence-corrected chi connectivity index (χ3v) is 5.30. The lowest BCUT2D eigenvalue weighted by molar-refractivity contribution is -0.898. The van der Waals surface area contributed by atoms with Gasteiger partial charge in [-0.05, 0) is 55.8 Å². The number of hydrogen-bond acceptors (Lipinski definition) is 2. The van der Waals surface area contributed by atoms with Crippen molar-refractivity contribution in [1.82, 2.24) is 0 Å². The number of halogens is 1. The quantitative estimate of drug-likeness (QED) is 0.881. The predicted octanol–water partition coefficient (Wildman–Crippen LogP) is 2.63. The van der Waals surface area contributed by atoms with Gasteiger partial charge in [-0.25, -0.2) is 0 Å². The molecule has 1 saturated heterocycles. The van der Waals surface area contributed by atoms with Crippen LogP contribution in [0.3, 0.4) is 0 Å². The van der Waals surface area contributed by atoms with Crippen LogP contribution in [0.1, 0.15) is 22.8 Å². The second kappa shape index (κ2) is 7.89. The van der Waals surface area contributed by atoms with E-state index in [4.69, 9.17) is 11.6 Å². The van der Waals surface area contributed by atoms with Crippen LogP contribution in [0.4, 0.5) is 11.4 Å². The third kappa shape index (κ3) is 4.33. The second-order valence-electron chi connectivity index (χ2n) is 6.56. The van der Waals surface area contributed by atoms with E-state index in [1.807, 2.05) is 25.1 Å². The number of hydrogen-bond donors (Lipinski definition) is 2. The van der Waals surface area contributed by atoms with Crippen molar-refractivity contribution in [2.45, 2.75) is 13.8 Å². The molecule has 0 bridgehead atoms. The van der Waals surface area contributed by atoms with E-state index in [-0.39, 0.29) is 5.91 Å². The Balaban J connectivity index is 1.62. The Hall–Kier alpha value is -2.04. The zero-order chi connectivity index (χ0) is 17.8. The van der Waals surface area contributed by atoms with Crippen LogP contribution in [0, 0.1) is 6.92 Å². The van der Waals surface area contributed by atoms with Crippen molar-refractivity contribution in [2.75, 3.05) is 42.9 Å². The van der Waals surface area contributed by atoms with Gasteiger partial charge in [0.1, 0.15) is 0 Å². The molecule has 1 heterocycles. The second-order valence-corrected chi connectivity index (χ2v) is 6.96. The van der Waals surface area contributed by atoms with Gasteiger partial charge in [0.15, 0.2) is 0 Å². The maximum Gasteiger partial charge on any atom is 0.255 e. The molecule has 25 heavy (non-hydrogen) atoms. The molecule has 1 aliphatic heterocycles. The molecule has 0 unspecified atom stereocenters. The molecule has 2 N–H and O–H groups in total. The van der Waals surface area contributed by atoms with Crippen molar-refractivity contribution >= 4 is 28.9 Å². The van der Waals surface area contributed by atoms with Crippen molar-refractivity contribution < 1.29 is 9.69 Å². The molecule has 2 aromatic carbocycles. The van der Waals surface area contributed by atoms with Gasteiger partial charge in [-0.1, -0.05) is 17.7 Å². The monoisotopic (exact) mass is 358 g/mol. The van der Waals surface area contributed by atoms with Gasteiger partial charge in [0, 0.05) is 22.0 Å². The summed E-state index contributed by atoms with van der Waals surface area (Å²) in [6, 6.07) is 13.4. The minimum absolute atomic E-state index is 0.144. The van der Waals surface area contributed by atoms with E-state index in [0.29, 0.717) is 10.6 Å². The van der Waals surface area contributed by atoms with Gasteiger partial charge < -0.3 is 15.1 Å². The Labute approximate surface area is 154 Å². The first-order valence-corrected chi connectivity index (χ1v) is 9.20. The highest BCUT2D eigenvalue weighted by Gasteiger charge is 2.18. The summed E-state index contributed by atoms with van der Waals surface area (Å²) in [6.45, 7) is 9.88. The van der Waals surface area contributed by atoms with E-state index >= 15 is 0 Å². The van der Waals surface area contributed by atoms with Crippen molar-refractivity contribution in [3.8, 4) is 0 Å². The lowest BCUT2D eigenvalue weighted by atomic mass is 10.1. The molecule has 5 heteroatoms. The molecule has 132 valence electrons. The van der Waals surface area contributed by atoms with Crippen molar-refractivity contribution in [1.29, 1.82) is 0 Å². The van der Waals surface area contributed by atoms with Crippen LogP contribution >= 0.6 is 11.6 Å². The Bertz CT molecular complexity index is 737. The molecular weight excluding hydrogens is 334 g/mol. The zero-order valence-electron chi connectivity index (χ0n) is 14.8. The Morgan fingerprint density at radius 1 is 1.16 bits per heavy atom. The number of amides is 1. The molecular formula is C20H25ClN3O+. The molecule has 4 nitrogen and oxygen atoms in total. The largest absolute Gasteiger partial charge is 0.360 e. The SMILES string of the molecule is CC[NH+]1CCN(c2ccc(NC(=O)c3ccc(C)c(Cl)c3)cc2)CC1. The molecule has 1 aliphatic rings. The molecule has 1 fully saturated rings. The normalized spacial score (nSPS) is 15.2. The molecule has 0 aliphatic carbocycles. The van der Waals surface area contributed by atoms with E-state index in [1.54, 1.807) is 17.0 Å². The van der Waals surface area contributed by atoms with Crippen molar-refractivity contribution in [3.63, 3.8) is 0 Å². The molecule has 1 amide bonds. The number of piperazine rings is 1. The van der Waals surface area contributed by atoms with Crippen LogP contribution in [-0.2, 0) is 0 Å². The van der Waals surface area contributed by atoms with Crippen LogP contribution in [-0.4, -0.2) is 38.6 Å². The predicted molar refractivity (Wildman–Crippen MR) is 104 cm³/mol. The summed E-state index contributed by atoms with van der Waals surface area (Å²) in [5, 5.41) is 3.54. The van der Waals surface area contributed by atoms with Gasteiger partial charge in [-0.15, -0.1) is 0 Å². The fraction of sp³-hybridized carbons (Fsp3) is 0.350. The number of nitrogens with zero attached hydrogens (tertiary/aromatic N) is 1. The van der Waals surface area contributed by atoms with E-state index < -0.39 is 0 Å². The summed E-state index contributed by atoms with van der Waals surface area (Å²) in [6.07, 6.45) is 0. The van der Waals surface area contributed by atoms with E-state index in [2.05, 4.69) is 29.3 Å². The molecule has 0 saturated carbocycles. The van der Waals surface area contributed by atoms with Gasteiger partial charge in [0.2, 0.25) is 0 Å². The minimum atomic E-state index is -0.144. The standard InChI is InChI=1S/C20H24ClN3O/c1-3-23-10-12-24(13-11-23)18-8-6-17(7-9-18)22-20(25)16-5-4-15(2)19(21)14-16/h4-9,14H,3,10-13H2,1-2H3,(H,22,25)/p+1. The number of carbonyl (C=O) groups excluding carboxylic acids is 1. The number of rotatable bonds is 4. The molecule has 0 radical (unpaired) electrons. The van der Waals surface area contributed by atoms with Crippen LogP contribution in [0.25, 0.3) is 0 Å². The van der Waals surface area contributed by atoms with Gasteiger partial charge in [0.25, 0.3) is 5.91 Å². The maximum absolute atomic E-state index is 12.4. The number of anilines is 2. The maximum atomic E-state index is 12.4. The molecule has 2 aromatic rings. The Morgan fingerprint density at radius 2 is 1.84 bits per heavy atom. The van der Waals surface area contributed by atoms with Crippen molar-refractivity contribution in [3.05, 3.63) is 58.6 Å². The van der Waals surface area contributed by atoms with Crippen LogP contribution in [0.15, 0.2) is 42.5 Å².